The molecule has 26 heavy (non-hydrogen) atoms. The van der Waals surface area contributed by atoms with Gasteiger partial charge < -0.3 is 9.47 Å². The topological polar surface area (TPSA) is 18.5 Å². The Morgan fingerprint density at radius 3 is 2.12 bits per heavy atom. The Morgan fingerprint density at radius 2 is 1.54 bits per heavy atom. The maximum atomic E-state index is 6.08. The van der Waals surface area contributed by atoms with Crippen LogP contribution in [0, 0.1) is 0 Å². The third kappa shape index (κ3) is 5.82. The Bertz CT molecular complexity index is 744. The van der Waals surface area contributed by atoms with E-state index in [9.17, 15) is 0 Å². The van der Waals surface area contributed by atoms with Gasteiger partial charge in [-0.3, -0.25) is 0 Å². The van der Waals surface area contributed by atoms with Crippen LogP contribution in [0.25, 0.3) is 5.57 Å². The molecule has 1 atom stereocenters. The average molecular weight is 367 g/mol. The van der Waals surface area contributed by atoms with E-state index in [1.807, 2.05) is 24.3 Å². The van der Waals surface area contributed by atoms with Crippen LogP contribution in [0.5, 0.6) is 0 Å². The van der Waals surface area contributed by atoms with Crippen LogP contribution in [0.4, 0.5) is 0 Å². The first-order valence-corrected chi connectivity index (χ1v) is 12.3. The minimum Gasteiger partial charge on any atom is -0.381 e. The first kappa shape index (κ1) is 20.4. The van der Waals surface area contributed by atoms with Crippen LogP contribution in [0.1, 0.15) is 31.1 Å². The predicted octanol–water partition coefficient (Wildman–Crippen LogP) is 5.83. The first-order valence-electron chi connectivity index (χ1n) is 9.09. The zero-order valence-corrected chi connectivity index (χ0v) is 17.6. The Labute approximate surface area is 159 Å². The molecular weight excluding hydrogens is 336 g/mol. The summed E-state index contributed by atoms with van der Waals surface area (Å²) >= 11 is 0. The fraction of sp³-hybridized carbons (Fsp3) is 0.348. The fourth-order valence-electron chi connectivity index (χ4n) is 2.71. The predicted molar refractivity (Wildman–Crippen MR) is 113 cm³/mol. The Kier molecular flexibility index (Phi) is 7.61. The number of rotatable bonds is 8. The van der Waals surface area contributed by atoms with Gasteiger partial charge in [-0.15, -0.1) is 5.73 Å². The van der Waals surface area contributed by atoms with Crippen molar-refractivity contribution in [3.05, 3.63) is 82.7 Å². The smallest absolute Gasteiger partial charge is 0.114 e. The molecule has 138 valence electrons. The van der Waals surface area contributed by atoms with Crippen molar-refractivity contribution in [3.63, 3.8) is 0 Å². The molecule has 0 N–H and O–H groups in total. The Balaban J connectivity index is 2.02. The molecule has 0 aromatic heterocycles. The summed E-state index contributed by atoms with van der Waals surface area (Å²) in [5.74, 6) is 0. The minimum atomic E-state index is -1.68. The van der Waals surface area contributed by atoms with E-state index < -0.39 is 8.07 Å². The summed E-state index contributed by atoms with van der Waals surface area (Å²) in [4.78, 5) is 0. The monoisotopic (exact) mass is 366 g/mol. The van der Waals surface area contributed by atoms with Gasteiger partial charge in [0.1, 0.15) is 14.2 Å². The molecule has 0 aliphatic carbocycles. The number of methoxy groups -OCH3 is 1. The van der Waals surface area contributed by atoms with E-state index >= 15 is 0 Å². The number of allylic oxidation sites excluding steroid dienone is 1. The standard InChI is InChI=1S/C23H30O2Si/c1-19(21-12-8-6-9-13-21)16-20(2)26(4,5)18-25-17-23(24-3)22-14-10-7-11-15-22/h6-15,23H,17-18H2,1-5H3/t16?,23-/m1/s1. The molecule has 0 unspecified atom stereocenters. The van der Waals surface area contributed by atoms with Crippen molar-refractivity contribution in [3.8, 4) is 0 Å². The molecule has 0 heterocycles. The van der Waals surface area contributed by atoms with Crippen molar-refractivity contribution in [1.29, 1.82) is 0 Å². The second-order valence-electron chi connectivity index (χ2n) is 7.28. The van der Waals surface area contributed by atoms with Crippen molar-refractivity contribution in [2.75, 3.05) is 19.9 Å². The summed E-state index contributed by atoms with van der Waals surface area (Å²) in [6, 6.07) is 20.7. The van der Waals surface area contributed by atoms with Gasteiger partial charge in [-0.2, -0.15) is 0 Å². The number of hydrogen-bond acceptors (Lipinski definition) is 2. The molecule has 0 amide bonds. The van der Waals surface area contributed by atoms with Gasteiger partial charge in [-0.25, -0.2) is 0 Å². The first-order chi connectivity index (χ1) is 12.4. The lowest BCUT2D eigenvalue weighted by atomic mass is 10.1. The van der Waals surface area contributed by atoms with Crippen molar-refractivity contribution >= 4 is 13.6 Å². The zero-order valence-electron chi connectivity index (χ0n) is 16.6. The summed E-state index contributed by atoms with van der Waals surface area (Å²) in [6.07, 6.45) is 0.743. The molecule has 0 saturated heterocycles. The second kappa shape index (κ2) is 9.70. The van der Waals surface area contributed by atoms with E-state index in [0.717, 1.165) is 11.8 Å². The summed E-state index contributed by atoms with van der Waals surface area (Å²) in [6.45, 7) is 9.55. The van der Waals surface area contributed by atoms with Crippen LogP contribution in [0.15, 0.2) is 71.6 Å². The lowest BCUT2D eigenvalue weighted by Gasteiger charge is -2.24. The highest BCUT2D eigenvalue weighted by molar-refractivity contribution is 6.84. The molecule has 2 aromatic carbocycles. The lowest BCUT2D eigenvalue weighted by Crippen LogP contribution is -2.35. The lowest BCUT2D eigenvalue weighted by molar-refractivity contribution is 0.0199. The van der Waals surface area contributed by atoms with Crippen LogP contribution in [0.2, 0.25) is 13.1 Å². The molecule has 2 aromatic rings. The van der Waals surface area contributed by atoms with Crippen molar-refractivity contribution < 1.29 is 9.47 Å². The minimum absolute atomic E-state index is 0.0214. The molecule has 0 fully saturated rings. The maximum Gasteiger partial charge on any atom is 0.114 e. The quantitative estimate of drug-likeness (QED) is 0.432. The molecule has 0 saturated carbocycles. The molecule has 0 aliphatic rings. The molecule has 0 bridgehead atoms. The van der Waals surface area contributed by atoms with Crippen LogP contribution in [-0.4, -0.2) is 28.0 Å². The van der Waals surface area contributed by atoms with Crippen molar-refractivity contribution in [2.24, 2.45) is 0 Å². The van der Waals surface area contributed by atoms with Gasteiger partial charge in [0.25, 0.3) is 0 Å². The third-order valence-electron chi connectivity index (χ3n) is 4.78. The van der Waals surface area contributed by atoms with Crippen LogP contribution in [-0.2, 0) is 9.47 Å². The maximum absolute atomic E-state index is 6.08. The number of hydrogen-bond donors (Lipinski definition) is 0. The SMILES string of the molecule is CO[C@H](COC[Si](C)(C)C(C)=C=C(C)c1ccccc1)c1ccccc1. The summed E-state index contributed by atoms with van der Waals surface area (Å²) in [5, 5.41) is 1.33. The zero-order chi connectivity index (χ0) is 19.0. The van der Waals surface area contributed by atoms with Gasteiger partial charge in [-0.1, -0.05) is 73.8 Å². The summed E-state index contributed by atoms with van der Waals surface area (Å²) in [7, 11) is 0.0608. The molecular formula is C23H30O2Si. The van der Waals surface area contributed by atoms with Crippen molar-refractivity contribution in [2.45, 2.75) is 33.0 Å². The van der Waals surface area contributed by atoms with Gasteiger partial charge in [-0.05, 0) is 35.7 Å². The average Bonchev–Trinajstić information content (AvgIpc) is 2.66. The third-order valence-corrected chi connectivity index (χ3v) is 7.87. The number of ether oxygens (including phenoxy) is 2. The highest BCUT2D eigenvalue weighted by atomic mass is 28.3. The summed E-state index contributed by atoms with van der Waals surface area (Å²) < 4.78 is 11.7. The highest BCUT2D eigenvalue weighted by Gasteiger charge is 2.24. The molecule has 3 heteroatoms. The molecule has 2 rings (SSSR count). The Morgan fingerprint density at radius 1 is 0.962 bits per heavy atom. The second-order valence-corrected chi connectivity index (χ2v) is 12.1. The molecule has 0 aliphatic heterocycles. The van der Waals surface area contributed by atoms with Crippen LogP contribution < -0.4 is 0 Å². The van der Waals surface area contributed by atoms with Gasteiger partial charge in [0, 0.05) is 13.3 Å². The van der Waals surface area contributed by atoms with Crippen LogP contribution >= 0.6 is 0 Å². The van der Waals surface area contributed by atoms with E-state index in [-0.39, 0.29) is 6.10 Å². The Hall–Kier alpha value is -1.90. The molecule has 2 nitrogen and oxygen atoms in total. The largest absolute Gasteiger partial charge is 0.381 e. The van der Waals surface area contributed by atoms with E-state index in [4.69, 9.17) is 9.47 Å². The summed E-state index contributed by atoms with van der Waals surface area (Å²) in [5.41, 5.74) is 7.16. The van der Waals surface area contributed by atoms with Gasteiger partial charge >= 0.3 is 0 Å². The molecule has 0 radical (unpaired) electrons. The van der Waals surface area contributed by atoms with Crippen molar-refractivity contribution in [1.82, 2.24) is 0 Å². The van der Waals surface area contributed by atoms with E-state index in [0.29, 0.717) is 6.61 Å². The van der Waals surface area contributed by atoms with Gasteiger partial charge in [0.05, 0.1) is 6.61 Å². The van der Waals surface area contributed by atoms with Gasteiger partial charge in [0.15, 0.2) is 0 Å². The van der Waals surface area contributed by atoms with E-state index in [1.165, 1.54) is 16.3 Å². The number of benzene rings is 2. The normalized spacial score (nSPS) is 12.3. The van der Waals surface area contributed by atoms with Gasteiger partial charge in [0.2, 0.25) is 0 Å². The molecule has 0 spiro atoms. The highest BCUT2D eigenvalue weighted by Crippen LogP contribution is 2.20. The van der Waals surface area contributed by atoms with Crippen LogP contribution in [0.3, 0.4) is 0 Å². The van der Waals surface area contributed by atoms with E-state index in [1.54, 1.807) is 7.11 Å². The fourth-order valence-corrected chi connectivity index (χ4v) is 4.08. The van der Waals surface area contributed by atoms with E-state index in [2.05, 4.69) is 69.1 Å².